The number of halogens is 3. The Morgan fingerprint density at radius 2 is 1.52 bits per heavy atom. The Bertz CT molecular complexity index is 638. The van der Waals surface area contributed by atoms with Crippen molar-refractivity contribution in [2.24, 2.45) is 0 Å². The molecule has 0 N–H and O–H groups in total. The van der Waals surface area contributed by atoms with E-state index in [4.69, 9.17) is 34.8 Å². The minimum Gasteiger partial charge on any atom is -0.243 e. The van der Waals surface area contributed by atoms with Crippen molar-refractivity contribution in [1.82, 2.24) is 4.98 Å². The highest BCUT2D eigenvalue weighted by Gasteiger charge is 2.32. The Hall–Kier alpha value is -0.410. The van der Waals surface area contributed by atoms with E-state index in [9.17, 15) is 0 Å². The van der Waals surface area contributed by atoms with Gasteiger partial charge in [-0.15, -0.1) is 11.8 Å². The monoisotopic (exact) mass is 417 g/mol. The summed E-state index contributed by atoms with van der Waals surface area (Å²) < 4.78 is -0.0570. The predicted octanol–water partition coefficient (Wildman–Crippen LogP) is 8.66. The lowest BCUT2D eigenvalue weighted by Gasteiger charge is -2.33. The third-order valence-corrected chi connectivity index (χ3v) is 6.24. The lowest BCUT2D eigenvalue weighted by molar-refractivity contribution is 0.508. The molecule has 138 valence electrons. The molecule has 0 unspecified atom stereocenters. The first-order chi connectivity index (χ1) is 12.0. The molecular weight excluding hydrogens is 393 g/mol. The van der Waals surface area contributed by atoms with Gasteiger partial charge in [0, 0.05) is 20.9 Å². The minimum absolute atomic E-state index is 0.0570. The van der Waals surface area contributed by atoms with Gasteiger partial charge in [-0.05, 0) is 48.7 Å². The summed E-state index contributed by atoms with van der Waals surface area (Å²) in [6.07, 6.45) is 6.13. The van der Waals surface area contributed by atoms with Crippen molar-refractivity contribution >= 4 is 46.6 Å². The largest absolute Gasteiger partial charge is 0.243 e. The van der Waals surface area contributed by atoms with E-state index in [2.05, 4.69) is 31.0 Å². The van der Waals surface area contributed by atoms with Crippen LogP contribution in [0, 0.1) is 0 Å². The number of rotatable bonds is 7. The molecule has 1 nitrogen and oxygen atoms in total. The molecule has 0 saturated carbocycles. The van der Waals surface area contributed by atoms with E-state index in [1.165, 1.54) is 4.90 Å². The number of hydrogen-bond acceptors (Lipinski definition) is 2. The van der Waals surface area contributed by atoms with E-state index in [1.54, 1.807) is 0 Å². The molecule has 0 radical (unpaired) electrons. The van der Waals surface area contributed by atoms with Crippen LogP contribution in [0.5, 0.6) is 0 Å². The zero-order chi connectivity index (χ0) is 18.9. The Morgan fingerprint density at radius 1 is 0.960 bits per heavy atom. The van der Waals surface area contributed by atoms with Crippen LogP contribution in [0.15, 0.2) is 41.4 Å². The number of nitrogens with zero attached hydrogens (tertiary/aromatic N) is 1. The molecule has 25 heavy (non-hydrogen) atoms. The van der Waals surface area contributed by atoms with Gasteiger partial charge in [0.25, 0.3) is 0 Å². The van der Waals surface area contributed by atoms with Crippen LogP contribution >= 0.6 is 46.6 Å². The number of hydrogen-bond donors (Lipinski definition) is 0. The minimum atomic E-state index is -0.0570. The average Bonchev–Trinajstić information content (AvgIpc) is 2.61. The fourth-order valence-corrected chi connectivity index (χ4v) is 4.74. The van der Waals surface area contributed by atoms with Crippen LogP contribution in [0.2, 0.25) is 15.2 Å². The number of aromatic nitrogens is 1. The van der Waals surface area contributed by atoms with Crippen LogP contribution in [0.1, 0.15) is 58.9 Å². The van der Waals surface area contributed by atoms with Crippen LogP contribution < -0.4 is 0 Å². The first-order valence-corrected chi connectivity index (χ1v) is 10.7. The first kappa shape index (κ1) is 22.6. The lowest BCUT2D eigenvalue weighted by Crippen LogP contribution is -2.22. The standard InChI is InChI=1S/C18H20Cl3NS.C2H6/c1-3-9-18(10-4-2,13-11-16(20)17(21)22-12-13)23-15-7-5-14(19)6-8-15;1-2/h5-8,11-12H,3-4,9-10H2,1-2H3;1-2H3. The Kier molecular flexibility index (Phi) is 10.3. The van der Waals surface area contributed by atoms with Crippen molar-refractivity contribution in [3.63, 3.8) is 0 Å². The van der Waals surface area contributed by atoms with Crippen LogP contribution in [0.25, 0.3) is 0 Å². The first-order valence-electron chi connectivity index (χ1n) is 8.77. The fourth-order valence-electron chi connectivity index (χ4n) is 2.78. The SMILES string of the molecule is CC.CCCC(CCC)(Sc1ccc(Cl)cc1)c1cnc(Cl)c(Cl)c1. The highest BCUT2D eigenvalue weighted by atomic mass is 35.5. The maximum absolute atomic E-state index is 6.22. The third kappa shape index (κ3) is 6.36. The molecule has 2 aromatic rings. The van der Waals surface area contributed by atoms with E-state index in [-0.39, 0.29) is 4.75 Å². The highest BCUT2D eigenvalue weighted by molar-refractivity contribution is 8.00. The van der Waals surface area contributed by atoms with Crippen LogP contribution in [0.3, 0.4) is 0 Å². The zero-order valence-electron chi connectivity index (χ0n) is 15.3. The van der Waals surface area contributed by atoms with Crippen molar-refractivity contribution in [2.45, 2.75) is 63.0 Å². The molecule has 0 atom stereocenters. The molecule has 1 aromatic heterocycles. The molecular formula is C20H26Cl3NS. The van der Waals surface area contributed by atoms with Gasteiger partial charge in [-0.3, -0.25) is 0 Å². The van der Waals surface area contributed by atoms with Crippen molar-refractivity contribution in [1.29, 1.82) is 0 Å². The normalized spacial score (nSPS) is 11.0. The van der Waals surface area contributed by atoms with E-state index in [0.29, 0.717) is 10.2 Å². The second kappa shape index (κ2) is 11.3. The van der Waals surface area contributed by atoms with E-state index in [1.807, 2.05) is 50.0 Å². The fraction of sp³-hybridized carbons (Fsp3) is 0.450. The summed E-state index contributed by atoms with van der Waals surface area (Å²) in [6.45, 7) is 8.41. The van der Waals surface area contributed by atoms with Gasteiger partial charge in [0.2, 0.25) is 0 Å². The summed E-state index contributed by atoms with van der Waals surface area (Å²) in [5.41, 5.74) is 1.13. The summed E-state index contributed by atoms with van der Waals surface area (Å²) >= 11 is 20.1. The Labute approximate surface area is 171 Å². The topological polar surface area (TPSA) is 12.9 Å². The molecule has 0 aliphatic rings. The third-order valence-electron chi connectivity index (χ3n) is 3.76. The molecule has 1 heterocycles. The van der Waals surface area contributed by atoms with Crippen molar-refractivity contribution in [2.75, 3.05) is 0 Å². The molecule has 0 aliphatic heterocycles. The maximum Gasteiger partial charge on any atom is 0.147 e. The second-order valence-electron chi connectivity index (χ2n) is 5.55. The smallest absolute Gasteiger partial charge is 0.147 e. The van der Waals surface area contributed by atoms with Gasteiger partial charge < -0.3 is 0 Å². The van der Waals surface area contributed by atoms with Gasteiger partial charge in [0.1, 0.15) is 5.15 Å². The van der Waals surface area contributed by atoms with Crippen LogP contribution in [-0.4, -0.2) is 4.98 Å². The van der Waals surface area contributed by atoms with Gasteiger partial charge >= 0.3 is 0 Å². The van der Waals surface area contributed by atoms with Crippen LogP contribution in [-0.2, 0) is 4.75 Å². The molecule has 0 bridgehead atoms. The van der Waals surface area contributed by atoms with E-state index >= 15 is 0 Å². The van der Waals surface area contributed by atoms with Crippen molar-refractivity contribution in [3.8, 4) is 0 Å². The lowest BCUT2D eigenvalue weighted by atomic mass is 9.90. The van der Waals surface area contributed by atoms with Crippen LogP contribution in [0.4, 0.5) is 0 Å². The van der Waals surface area contributed by atoms with Gasteiger partial charge in [-0.2, -0.15) is 0 Å². The predicted molar refractivity (Wildman–Crippen MR) is 114 cm³/mol. The molecule has 5 heteroatoms. The maximum atomic E-state index is 6.22. The molecule has 0 spiro atoms. The summed E-state index contributed by atoms with van der Waals surface area (Å²) in [5, 5.41) is 1.62. The Morgan fingerprint density at radius 3 is 2.00 bits per heavy atom. The molecule has 0 saturated heterocycles. The molecule has 0 fully saturated rings. The molecule has 0 aliphatic carbocycles. The Balaban J connectivity index is 0.00000151. The zero-order valence-corrected chi connectivity index (χ0v) is 18.4. The second-order valence-corrected chi connectivity index (χ2v) is 8.21. The van der Waals surface area contributed by atoms with Gasteiger partial charge in [-0.25, -0.2) is 4.98 Å². The summed E-state index contributed by atoms with van der Waals surface area (Å²) in [4.78, 5) is 5.46. The van der Waals surface area contributed by atoms with E-state index < -0.39 is 0 Å². The highest BCUT2D eigenvalue weighted by Crippen LogP contribution is 2.49. The summed E-state index contributed by atoms with van der Waals surface area (Å²) in [5.74, 6) is 0. The molecule has 2 rings (SSSR count). The molecule has 0 amide bonds. The van der Waals surface area contributed by atoms with Crippen molar-refractivity contribution in [3.05, 3.63) is 57.3 Å². The molecule has 1 aromatic carbocycles. The van der Waals surface area contributed by atoms with Gasteiger partial charge in [0.05, 0.1) is 5.02 Å². The quantitative estimate of drug-likeness (QED) is 0.329. The number of benzene rings is 1. The average molecular weight is 419 g/mol. The van der Waals surface area contributed by atoms with Gasteiger partial charge in [0.15, 0.2) is 0 Å². The van der Waals surface area contributed by atoms with E-state index in [0.717, 1.165) is 36.3 Å². The summed E-state index contributed by atoms with van der Waals surface area (Å²) in [6, 6.07) is 9.96. The van der Waals surface area contributed by atoms with Gasteiger partial charge in [-0.1, -0.05) is 75.3 Å². The number of thioether (sulfide) groups is 1. The number of pyridine rings is 1. The summed E-state index contributed by atoms with van der Waals surface area (Å²) in [7, 11) is 0. The van der Waals surface area contributed by atoms with Crippen molar-refractivity contribution < 1.29 is 0 Å².